The second-order valence-corrected chi connectivity index (χ2v) is 5.58. The number of amides is 1. The molecule has 0 spiro atoms. The van der Waals surface area contributed by atoms with Crippen LogP contribution in [0.1, 0.15) is 22.5 Å². The van der Waals surface area contributed by atoms with E-state index in [9.17, 15) is 4.79 Å². The lowest BCUT2D eigenvalue weighted by Crippen LogP contribution is -2.36. The summed E-state index contributed by atoms with van der Waals surface area (Å²) in [6, 6.07) is 3.73. The van der Waals surface area contributed by atoms with Gasteiger partial charge in [0.1, 0.15) is 0 Å². The van der Waals surface area contributed by atoms with Gasteiger partial charge in [-0.2, -0.15) is 0 Å². The van der Waals surface area contributed by atoms with Gasteiger partial charge in [0, 0.05) is 18.5 Å². The molecule has 1 aromatic heterocycles. The van der Waals surface area contributed by atoms with E-state index in [2.05, 4.69) is 0 Å². The van der Waals surface area contributed by atoms with Crippen molar-refractivity contribution in [1.29, 1.82) is 0 Å². The van der Waals surface area contributed by atoms with Gasteiger partial charge in [0.05, 0.1) is 9.21 Å². The maximum Gasteiger partial charge on any atom is 0.264 e. The molecular weight excluding hydrogens is 253 g/mol. The topological polar surface area (TPSA) is 20.3 Å². The highest BCUT2D eigenvalue weighted by atomic mass is 35.5. The summed E-state index contributed by atoms with van der Waals surface area (Å²) in [5.41, 5.74) is 0. The first kappa shape index (κ1) is 11.2. The van der Waals surface area contributed by atoms with Crippen molar-refractivity contribution in [2.24, 2.45) is 0 Å². The summed E-state index contributed by atoms with van der Waals surface area (Å²) in [5, 5.41) is 0. The maximum absolute atomic E-state index is 12.0. The van der Waals surface area contributed by atoms with Crippen LogP contribution in [0, 0.1) is 0 Å². The third-order valence-corrected chi connectivity index (χ3v) is 4.18. The Morgan fingerprint density at radius 2 is 2.40 bits per heavy atom. The molecule has 1 aliphatic rings. The Morgan fingerprint density at radius 1 is 1.60 bits per heavy atom. The molecule has 1 aromatic rings. The number of likely N-dealkylation sites (tertiary alicyclic amines) is 1. The quantitative estimate of drug-likeness (QED) is 0.751. The van der Waals surface area contributed by atoms with Crippen LogP contribution in [0.25, 0.3) is 0 Å². The largest absolute Gasteiger partial charge is 0.334 e. The number of alkyl halides is 1. The predicted octanol–water partition coefficient (Wildman–Crippen LogP) is 3.24. The van der Waals surface area contributed by atoms with Crippen LogP contribution in [0.4, 0.5) is 0 Å². The molecule has 2 heterocycles. The number of rotatable bonds is 2. The second-order valence-electron chi connectivity index (χ2n) is 3.55. The van der Waals surface area contributed by atoms with Crippen molar-refractivity contribution in [2.45, 2.75) is 18.9 Å². The van der Waals surface area contributed by atoms with Crippen LogP contribution in [-0.2, 0) is 0 Å². The Bertz CT molecular complexity index is 366. The van der Waals surface area contributed by atoms with E-state index in [4.69, 9.17) is 23.2 Å². The molecule has 0 aromatic carbocycles. The van der Waals surface area contributed by atoms with Crippen LogP contribution in [-0.4, -0.2) is 29.3 Å². The van der Waals surface area contributed by atoms with Gasteiger partial charge in [-0.25, -0.2) is 0 Å². The fourth-order valence-electron chi connectivity index (χ4n) is 1.83. The SMILES string of the molecule is O=C(c1ccc(Cl)s1)N1CCCC1CCl. The minimum atomic E-state index is 0.0649. The summed E-state index contributed by atoms with van der Waals surface area (Å²) >= 11 is 13.0. The van der Waals surface area contributed by atoms with E-state index in [1.54, 1.807) is 12.1 Å². The molecule has 82 valence electrons. The molecule has 1 amide bonds. The summed E-state index contributed by atoms with van der Waals surface area (Å²) in [7, 11) is 0. The van der Waals surface area contributed by atoms with Gasteiger partial charge in [0.2, 0.25) is 0 Å². The molecule has 2 rings (SSSR count). The number of hydrogen-bond donors (Lipinski definition) is 0. The molecule has 1 fully saturated rings. The Morgan fingerprint density at radius 3 is 3.00 bits per heavy atom. The normalized spacial score (nSPS) is 20.9. The van der Waals surface area contributed by atoms with Gasteiger partial charge in [-0.1, -0.05) is 11.6 Å². The van der Waals surface area contributed by atoms with Crippen molar-refractivity contribution >= 4 is 40.4 Å². The van der Waals surface area contributed by atoms with Gasteiger partial charge < -0.3 is 4.90 Å². The highest BCUT2D eigenvalue weighted by molar-refractivity contribution is 7.17. The Labute approximate surface area is 103 Å². The van der Waals surface area contributed by atoms with Crippen molar-refractivity contribution < 1.29 is 4.79 Å². The Hall–Kier alpha value is -0.250. The Balaban J connectivity index is 2.13. The molecule has 1 unspecified atom stereocenters. The first-order chi connectivity index (χ1) is 7.22. The molecule has 2 nitrogen and oxygen atoms in total. The van der Waals surface area contributed by atoms with E-state index in [-0.39, 0.29) is 11.9 Å². The third kappa shape index (κ3) is 2.30. The van der Waals surface area contributed by atoms with Crippen LogP contribution in [0.3, 0.4) is 0 Å². The summed E-state index contributed by atoms with van der Waals surface area (Å²) in [6.45, 7) is 0.811. The average Bonchev–Trinajstić information content (AvgIpc) is 2.84. The lowest BCUT2D eigenvalue weighted by molar-refractivity contribution is 0.0754. The van der Waals surface area contributed by atoms with Gasteiger partial charge >= 0.3 is 0 Å². The molecule has 1 aliphatic heterocycles. The van der Waals surface area contributed by atoms with Gasteiger partial charge in [-0.05, 0) is 25.0 Å². The smallest absolute Gasteiger partial charge is 0.264 e. The zero-order valence-corrected chi connectivity index (χ0v) is 10.4. The molecule has 0 radical (unpaired) electrons. The molecule has 1 saturated heterocycles. The fourth-order valence-corrected chi connectivity index (χ4v) is 3.15. The number of hydrogen-bond acceptors (Lipinski definition) is 2. The van der Waals surface area contributed by atoms with Gasteiger partial charge in [0.15, 0.2) is 0 Å². The summed E-state index contributed by atoms with van der Waals surface area (Å²) in [4.78, 5) is 14.6. The van der Waals surface area contributed by atoms with Crippen LogP contribution in [0.2, 0.25) is 4.34 Å². The van der Waals surface area contributed by atoms with Crippen LogP contribution in [0.5, 0.6) is 0 Å². The molecule has 0 N–H and O–H groups in total. The average molecular weight is 264 g/mol. The van der Waals surface area contributed by atoms with Crippen molar-refractivity contribution in [3.8, 4) is 0 Å². The number of nitrogens with zero attached hydrogens (tertiary/aromatic N) is 1. The highest BCUT2D eigenvalue weighted by Gasteiger charge is 2.29. The zero-order chi connectivity index (χ0) is 10.8. The van der Waals surface area contributed by atoms with E-state index >= 15 is 0 Å². The van der Waals surface area contributed by atoms with Crippen LogP contribution >= 0.6 is 34.5 Å². The minimum absolute atomic E-state index is 0.0649. The van der Waals surface area contributed by atoms with Gasteiger partial charge in [-0.15, -0.1) is 22.9 Å². The zero-order valence-electron chi connectivity index (χ0n) is 8.08. The standard InChI is InChI=1S/C10H11Cl2NOS/c11-6-7-2-1-5-13(7)10(14)8-3-4-9(12)15-8/h3-4,7H,1-2,5-6H2. The van der Waals surface area contributed by atoms with E-state index in [1.807, 2.05) is 4.90 Å². The van der Waals surface area contributed by atoms with E-state index in [0.29, 0.717) is 15.1 Å². The summed E-state index contributed by atoms with van der Waals surface area (Å²) in [6.07, 6.45) is 2.05. The molecule has 0 aliphatic carbocycles. The lowest BCUT2D eigenvalue weighted by atomic mass is 10.2. The monoisotopic (exact) mass is 263 g/mol. The van der Waals surface area contributed by atoms with E-state index in [1.165, 1.54) is 11.3 Å². The van der Waals surface area contributed by atoms with Gasteiger partial charge in [0.25, 0.3) is 5.91 Å². The number of halogens is 2. The number of thiophene rings is 1. The molecule has 1 atom stereocenters. The van der Waals surface area contributed by atoms with Gasteiger partial charge in [-0.3, -0.25) is 4.79 Å². The third-order valence-electron chi connectivity index (χ3n) is 2.60. The predicted molar refractivity (Wildman–Crippen MR) is 64.1 cm³/mol. The molecular formula is C10H11Cl2NOS. The highest BCUT2D eigenvalue weighted by Crippen LogP contribution is 2.26. The van der Waals surface area contributed by atoms with Crippen molar-refractivity contribution in [1.82, 2.24) is 4.90 Å². The van der Waals surface area contributed by atoms with Crippen LogP contribution < -0.4 is 0 Å². The summed E-state index contributed by atoms with van der Waals surface area (Å²) in [5.74, 6) is 0.584. The lowest BCUT2D eigenvalue weighted by Gasteiger charge is -2.21. The first-order valence-electron chi connectivity index (χ1n) is 4.84. The van der Waals surface area contributed by atoms with E-state index < -0.39 is 0 Å². The molecule has 5 heteroatoms. The first-order valence-corrected chi connectivity index (χ1v) is 6.57. The minimum Gasteiger partial charge on any atom is -0.334 e. The maximum atomic E-state index is 12.0. The van der Waals surface area contributed by atoms with Crippen molar-refractivity contribution in [2.75, 3.05) is 12.4 Å². The second kappa shape index (κ2) is 4.73. The van der Waals surface area contributed by atoms with Crippen molar-refractivity contribution in [3.05, 3.63) is 21.3 Å². The van der Waals surface area contributed by atoms with E-state index in [0.717, 1.165) is 19.4 Å². The molecule has 0 saturated carbocycles. The van der Waals surface area contributed by atoms with Crippen LogP contribution in [0.15, 0.2) is 12.1 Å². The fraction of sp³-hybridized carbons (Fsp3) is 0.500. The summed E-state index contributed by atoms with van der Waals surface area (Å²) < 4.78 is 0.653. The Kier molecular flexibility index (Phi) is 3.54. The molecule has 15 heavy (non-hydrogen) atoms. The number of carbonyl (C=O) groups is 1. The number of carbonyl (C=O) groups excluding carboxylic acids is 1. The van der Waals surface area contributed by atoms with Crippen molar-refractivity contribution in [3.63, 3.8) is 0 Å². The molecule has 0 bridgehead atoms.